The lowest BCUT2D eigenvalue weighted by molar-refractivity contribution is -0.116. The summed E-state index contributed by atoms with van der Waals surface area (Å²) in [4.78, 5) is 15.7. The highest BCUT2D eigenvalue weighted by Crippen LogP contribution is 2.13. The molecule has 1 aromatic carbocycles. The number of rotatable bonds is 4. The normalized spacial score (nSPS) is 10.3. The van der Waals surface area contributed by atoms with Crippen molar-refractivity contribution in [2.45, 2.75) is 13.2 Å². The summed E-state index contributed by atoms with van der Waals surface area (Å²) < 4.78 is 1.59. The predicted octanol–water partition coefficient (Wildman–Crippen LogP) is 1.67. The highest BCUT2D eigenvalue weighted by molar-refractivity contribution is 6.30. The highest BCUT2D eigenvalue weighted by Gasteiger charge is 2.07. The number of aromatic nitrogens is 2. The molecule has 1 aromatic heterocycles. The minimum atomic E-state index is -0.193. The van der Waals surface area contributed by atoms with Gasteiger partial charge < -0.3 is 15.0 Å². The van der Waals surface area contributed by atoms with Crippen LogP contribution in [0.1, 0.15) is 5.82 Å². The van der Waals surface area contributed by atoms with Gasteiger partial charge >= 0.3 is 0 Å². The van der Waals surface area contributed by atoms with E-state index in [4.69, 9.17) is 16.7 Å². The molecule has 2 N–H and O–H groups in total. The summed E-state index contributed by atoms with van der Waals surface area (Å²) >= 11 is 5.75. The number of nitrogens with one attached hydrogen (secondary N) is 1. The summed E-state index contributed by atoms with van der Waals surface area (Å²) in [5, 5.41) is 12.4. The average Bonchev–Trinajstić information content (AvgIpc) is 2.79. The molecule has 18 heavy (non-hydrogen) atoms. The molecule has 1 amide bonds. The Kier molecular flexibility index (Phi) is 3.96. The zero-order valence-corrected chi connectivity index (χ0v) is 10.3. The lowest BCUT2D eigenvalue weighted by Crippen LogP contribution is -2.19. The van der Waals surface area contributed by atoms with E-state index in [0.29, 0.717) is 16.5 Å². The van der Waals surface area contributed by atoms with Gasteiger partial charge in [-0.25, -0.2) is 4.98 Å². The van der Waals surface area contributed by atoms with E-state index in [9.17, 15) is 4.79 Å². The molecule has 5 nitrogen and oxygen atoms in total. The molecule has 6 heteroatoms. The zero-order chi connectivity index (χ0) is 13.0. The number of nitrogens with zero attached hydrogens (tertiary/aromatic N) is 2. The number of benzene rings is 1. The van der Waals surface area contributed by atoms with Gasteiger partial charge in [0.25, 0.3) is 0 Å². The summed E-state index contributed by atoms with van der Waals surface area (Å²) in [6, 6.07) is 6.85. The molecule has 0 radical (unpaired) electrons. The van der Waals surface area contributed by atoms with Crippen LogP contribution in [-0.4, -0.2) is 20.6 Å². The number of aliphatic hydroxyl groups excluding tert-OH is 1. The Morgan fingerprint density at radius 3 is 2.78 bits per heavy atom. The topological polar surface area (TPSA) is 67.2 Å². The minimum absolute atomic E-state index is 0.110. The summed E-state index contributed by atoms with van der Waals surface area (Å²) in [7, 11) is 0. The Balaban J connectivity index is 1.99. The van der Waals surface area contributed by atoms with Crippen molar-refractivity contribution in [3.8, 4) is 0 Å². The van der Waals surface area contributed by atoms with Crippen molar-refractivity contribution in [1.82, 2.24) is 9.55 Å². The second-order valence-electron chi connectivity index (χ2n) is 3.68. The smallest absolute Gasteiger partial charge is 0.244 e. The van der Waals surface area contributed by atoms with Gasteiger partial charge in [-0.05, 0) is 24.3 Å². The Labute approximate surface area is 109 Å². The number of carbonyl (C=O) groups excluding carboxylic acids is 1. The van der Waals surface area contributed by atoms with Gasteiger partial charge in [-0.3, -0.25) is 4.79 Å². The van der Waals surface area contributed by atoms with E-state index in [1.54, 1.807) is 41.2 Å². The van der Waals surface area contributed by atoms with Crippen LogP contribution in [0.25, 0.3) is 0 Å². The van der Waals surface area contributed by atoms with Crippen LogP contribution in [0.3, 0.4) is 0 Å². The van der Waals surface area contributed by atoms with Gasteiger partial charge in [0.15, 0.2) is 0 Å². The molecular weight excluding hydrogens is 254 g/mol. The van der Waals surface area contributed by atoms with Gasteiger partial charge in [0, 0.05) is 23.1 Å². The quantitative estimate of drug-likeness (QED) is 0.884. The van der Waals surface area contributed by atoms with Crippen molar-refractivity contribution in [3.05, 3.63) is 47.5 Å². The van der Waals surface area contributed by atoms with Gasteiger partial charge in [-0.2, -0.15) is 0 Å². The average molecular weight is 266 g/mol. The number of imidazole rings is 1. The van der Waals surface area contributed by atoms with Crippen LogP contribution in [0.4, 0.5) is 5.69 Å². The first-order valence-corrected chi connectivity index (χ1v) is 5.73. The summed E-state index contributed by atoms with van der Waals surface area (Å²) in [5.74, 6) is 0.270. The number of halogens is 1. The molecular formula is C12H12ClN3O2. The van der Waals surface area contributed by atoms with E-state index in [0.717, 1.165) is 0 Å². The molecule has 1 heterocycles. The molecule has 0 fully saturated rings. The van der Waals surface area contributed by atoms with Crippen LogP contribution in [0.5, 0.6) is 0 Å². The third-order valence-electron chi connectivity index (χ3n) is 2.39. The van der Waals surface area contributed by atoms with E-state index < -0.39 is 0 Å². The first kappa shape index (κ1) is 12.6. The molecule has 0 saturated carbocycles. The Morgan fingerprint density at radius 2 is 2.11 bits per heavy atom. The van der Waals surface area contributed by atoms with Gasteiger partial charge in [0.1, 0.15) is 19.0 Å². The standard InChI is InChI=1S/C12H12ClN3O2/c13-9-1-3-10(4-2-9)15-12(18)7-16-6-5-14-11(16)8-17/h1-6,17H,7-8H2,(H,15,18). The number of anilines is 1. The van der Waals surface area contributed by atoms with E-state index in [1.807, 2.05) is 0 Å². The lowest BCUT2D eigenvalue weighted by atomic mass is 10.3. The molecule has 0 bridgehead atoms. The summed E-state index contributed by atoms with van der Waals surface area (Å²) in [5.41, 5.74) is 0.676. The maximum atomic E-state index is 11.8. The van der Waals surface area contributed by atoms with Gasteiger partial charge in [0.2, 0.25) is 5.91 Å². The largest absolute Gasteiger partial charge is 0.388 e. The van der Waals surface area contributed by atoms with Crippen molar-refractivity contribution in [1.29, 1.82) is 0 Å². The molecule has 0 spiro atoms. The predicted molar refractivity (Wildman–Crippen MR) is 68.2 cm³/mol. The Hall–Kier alpha value is -1.85. The van der Waals surface area contributed by atoms with Crippen LogP contribution in [0.2, 0.25) is 5.02 Å². The maximum absolute atomic E-state index is 11.8. The molecule has 0 aliphatic rings. The zero-order valence-electron chi connectivity index (χ0n) is 9.51. The number of hydrogen-bond acceptors (Lipinski definition) is 3. The molecule has 0 aliphatic heterocycles. The number of aliphatic hydroxyl groups is 1. The molecule has 2 aromatic rings. The van der Waals surface area contributed by atoms with Crippen molar-refractivity contribution >= 4 is 23.2 Å². The van der Waals surface area contributed by atoms with Crippen molar-refractivity contribution < 1.29 is 9.90 Å². The van der Waals surface area contributed by atoms with Crippen molar-refractivity contribution in [2.75, 3.05) is 5.32 Å². The Morgan fingerprint density at radius 1 is 1.39 bits per heavy atom. The highest BCUT2D eigenvalue weighted by atomic mass is 35.5. The fraction of sp³-hybridized carbons (Fsp3) is 0.167. The van der Waals surface area contributed by atoms with Crippen LogP contribution in [-0.2, 0) is 17.9 Å². The summed E-state index contributed by atoms with van der Waals surface area (Å²) in [6.45, 7) is -0.0836. The number of amides is 1. The third-order valence-corrected chi connectivity index (χ3v) is 2.64. The third kappa shape index (κ3) is 3.09. The van der Waals surface area contributed by atoms with Crippen LogP contribution in [0, 0.1) is 0 Å². The lowest BCUT2D eigenvalue weighted by Gasteiger charge is -2.07. The van der Waals surface area contributed by atoms with Crippen LogP contribution in [0.15, 0.2) is 36.7 Å². The number of carbonyl (C=O) groups is 1. The minimum Gasteiger partial charge on any atom is -0.388 e. The summed E-state index contributed by atoms with van der Waals surface area (Å²) in [6.07, 6.45) is 3.19. The van der Waals surface area contributed by atoms with E-state index in [1.165, 1.54) is 0 Å². The van der Waals surface area contributed by atoms with Crippen LogP contribution >= 0.6 is 11.6 Å². The molecule has 2 rings (SSSR count). The SMILES string of the molecule is O=C(Cn1ccnc1CO)Nc1ccc(Cl)cc1. The molecule has 0 unspecified atom stereocenters. The van der Waals surface area contributed by atoms with E-state index in [2.05, 4.69) is 10.3 Å². The molecule has 0 saturated heterocycles. The van der Waals surface area contributed by atoms with Crippen LogP contribution < -0.4 is 5.32 Å². The molecule has 0 atom stereocenters. The fourth-order valence-electron chi connectivity index (χ4n) is 1.52. The van der Waals surface area contributed by atoms with Gasteiger partial charge in [-0.1, -0.05) is 11.6 Å². The van der Waals surface area contributed by atoms with E-state index >= 15 is 0 Å². The molecule has 94 valence electrons. The van der Waals surface area contributed by atoms with E-state index in [-0.39, 0.29) is 19.1 Å². The Bertz CT molecular complexity index is 537. The number of hydrogen-bond donors (Lipinski definition) is 2. The monoisotopic (exact) mass is 265 g/mol. The maximum Gasteiger partial charge on any atom is 0.244 e. The van der Waals surface area contributed by atoms with Crippen molar-refractivity contribution in [3.63, 3.8) is 0 Å². The molecule has 0 aliphatic carbocycles. The fourth-order valence-corrected chi connectivity index (χ4v) is 1.65. The van der Waals surface area contributed by atoms with Gasteiger partial charge in [0.05, 0.1) is 0 Å². The second-order valence-corrected chi connectivity index (χ2v) is 4.12. The first-order chi connectivity index (χ1) is 8.69. The van der Waals surface area contributed by atoms with Gasteiger partial charge in [-0.15, -0.1) is 0 Å². The second kappa shape index (κ2) is 5.66. The van der Waals surface area contributed by atoms with Crippen molar-refractivity contribution in [2.24, 2.45) is 0 Å². The first-order valence-electron chi connectivity index (χ1n) is 5.35.